The van der Waals surface area contributed by atoms with E-state index in [4.69, 9.17) is 17.4 Å². The number of carbonyl (C=O) groups is 1. The van der Waals surface area contributed by atoms with Gasteiger partial charge >= 0.3 is 0 Å². The number of aromatic nitrogens is 1. The maximum absolute atomic E-state index is 12.7. The molecule has 7 heteroatoms. The Morgan fingerprint density at radius 1 is 1.52 bits per heavy atom. The van der Waals surface area contributed by atoms with E-state index in [1.165, 1.54) is 10.4 Å². The van der Waals surface area contributed by atoms with Crippen LogP contribution >= 0.6 is 22.9 Å². The molecule has 5 nitrogen and oxygen atoms in total. The van der Waals surface area contributed by atoms with Crippen molar-refractivity contribution in [1.82, 2.24) is 9.88 Å². The van der Waals surface area contributed by atoms with Gasteiger partial charge in [0.2, 0.25) is 0 Å². The number of nitrogens with zero attached hydrogens (tertiary/aromatic N) is 2. The summed E-state index contributed by atoms with van der Waals surface area (Å²) in [5.41, 5.74) is 3.88. The number of halogens is 1. The van der Waals surface area contributed by atoms with Crippen molar-refractivity contribution in [3.8, 4) is 0 Å². The zero-order valence-corrected chi connectivity index (χ0v) is 13.0. The summed E-state index contributed by atoms with van der Waals surface area (Å²) >= 11 is 7.86. The highest BCUT2D eigenvalue weighted by Gasteiger charge is 2.30. The topological polar surface area (TPSA) is 71.2 Å². The largest absolute Gasteiger partial charge is 0.330 e. The summed E-state index contributed by atoms with van der Waals surface area (Å²) < 4.78 is 0. The Morgan fingerprint density at radius 2 is 2.33 bits per heavy atom. The van der Waals surface area contributed by atoms with E-state index in [1.807, 2.05) is 11.8 Å². The van der Waals surface area contributed by atoms with Gasteiger partial charge in [-0.05, 0) is 42.5 Å². The lowest BCUT2D eigenvalue weighted by molar-refractivity contribution is 0.0673. The van der Waals surface area contributed by atoms with E-state index >= 15 is 0 Å². The summed E-state index contributed by atoms with van der Waals surface area (Å²) in [6, 6.07) is 5.37. The zero-order chi connectivity index (χ0) is 15.0. The number of hydrogen-bond acceptors (Lipinski definition) is 5. The normalized spacial score (nSPS) is 17.5. The van der Waals surface area contributed by atoms with Crippen molar-refractivity contribution in [2.45, 2.75) is 19.4 Å². The average molecular weight is 323 g/mol. The van der Waals surface area contributed by atoms with Crippen LogP contribution in [0.3, 0.4) is 0 Å². The van der Waals surface area contributed by atoms with Crippen LogP contribution in [0.15, 0.2) is 23.6 Å². The highest BCUT2D eigenvalue weighted by molar-refractivity contribution is 7.10. The molecule has 3 rings (SSSR count). The summed E-state index contributed by atoms with van der Waals surface area (Å²) in [4.78, 5) is 20.1. The number of fused-ring (bicyclic) bond motifs is 1. The third-order valence-electron chi connectivity index (χ3n) is 3.73. The average Bonchev–Trinajstić information content (AvgIpc) is 2.97. The molecule has 0 saturated carbocycles. The van der Waals surface area contributed by atoms with Crippen molar-refractivity contribution in [2.24, 2.45) is 5.84 Å². The summed E-state index contributed by atoms with van der Waals surface area (Å²) in [7, 11) is 0. The lowest BCUT2D eigenvalue weighted by atomic mass is 10.0. The lowest BCUT2D eigenvalue weighted by Crippen LogP contribution is -2.38. The molecular formula is C14H15ClN4OS. The first-order chi connectivity index (χ1) is 10.1. The molecule has 0 bridgehead atoms. The maximum atomic E-state index is 12.7. The highest BCUT2D eigenvalue weighted by Crippen LogP contribution is 2.34. The van der Waals surface area contributed by atoms with Crippen molar-refractivity contribution in [3.63, 3.8) is 0 Å². The number of nitrogens with one attached hydrogen (secondary N) is 1. The molecule has 1 aliphatic rings. The van der Waals surface area contributed by atoms with Gasteiger partial charge in [0.05, 0.1) is 11.1 Å². The molecule has 0 fully saturated rings. The smallest absolute Gasteiger partial charge is 0.274 e. The van der Waals surface area contributed by atoms with E-state index in [-0.39, 0.29) is 17.6 Å². The minimum atomic E-state index is -0.165. The number of nitrogens with two attached hydrogens (primary N) is 1. The van der Waals surface area contributed by atoms with Gasteiger partial charge in [-0.1, -0.05) is 11.6 Å². The third kappa shape index (κ3) is 2.50. The quantitative estimate of drug-likeness (QED) is 0.659. The van der Waals surface area contributed by atoms with E-state index < -0.39 is 0 Å². The Kier molecular flexibility index (Phi) is 3.84. The number of anilines is 1. The van der Waals surface area contributed by atoms with Crippen LogP contribution in [-0.4, -0.2) is 22.3 Å². The van der Waals surface area contributed by atoms with Crippen molar-refractivity contribution < 1.29 is 4.79 Å². The number of hydrogen-bond donors (Lipinski definition) is 2. The number of amides is 1. The summed E-state index contributed by atoms with van der Waals surface area (Å²) in [6.45, 7) is 2.70. The number of pyridine rings is 1. The van der Waals surface area contributed by atoms with Gasteiger partial charge in [0.15, 0.2) is 0 Å². The van der Waals surface area contributed by atoms with Crippen LogP contribution < -0.4 is 11.3 Å². The van der Waals surface area contributed by atoms with E-state index in [0.717, 1.165) is 6.42 Å². The van der Waals surface area contributed by atoms with Crippen molar-refractivity contribution in [2.75, 3.05) is 12.0 Å². The third-order valence-corrected chi connectivity index (χ3v) is 5.04. The highest BCUT2D eigenvalue weighted by atomic mass is 35.5. The lowest BCUT2D eigenvalue weighted by Gasteiger charge is -2.33. The van der Waals surface area contributed by atoms with Crippen molar-refractivity contribution in [1.29, 1.82) is 0 Å². The fraction of sp³-hybridized carbons (Fsp3) is 0.286. The van der Waals surface area contributed by atoms with Crippen LogP contribution in [-0.2, 0) is 6.42 Å². The van der Waals surface area contributed by atoms with Gasteiger partial charge in [-0.15, -0.1) is 11.3 Å². The minimum Gasteiger partial charge on any atom is -0.330 e. The van der Waals surface area contributed by atoms with Crippen LogP contribution in [0.5, 0.6) is 0 Å². The predicted molar refractivity (Wildman–Crippen MR) is 84.5 cm³/mol. The summed E-state index contributed by atoms with van der Waals surface area (Å²) in [5.74, 6) is 5.60. The molecule has 1 amide bonds. The number of rotatable bonds is 2. The van der Waals surface area contributed by atoms with Crippen LogP contribution in [0.4, 0.5) is 5.82 Å². The Morgan fingerprint density at radius 3 is 3.10 bits per heavy atom. The van der Waals surface area contributed by atoms with Crippen LogP contribution in [0.25, 0.3) is 0 Å². The first kappa shape index (κ1) is 14.3. The van der Waals surface area contributed by atoms with E-state index in [9.17, 15) is 4.79 Å². The van der Waals surface area contributed by atoms with Crippen LogP contribution in [0.1, 0.15) is 33.9 Å². The Hall–Kier alpha value is -1.63. The molecule has 3 N–H and O–H groups in total. The van der Waals surface area contributed by atoms with Crippen molar-refractivity contribution in [3.05, 3.63) is 44.7 Å². The van der Waals surface area contributed by atoms with Gasteiger partial charge in [0.1, 0.15) is 11.5 Å². The molecule has 0 aromatic carbocycles. The molecule has 0 saturated heterocycles. The maximum Gasteiger partial charge on any atom is 0.274 e. The number of hydrazine groups is 1. The Bertz CT molecular complexity index is 687. The van der Waals surface area contributed by atoms with Gasteiger partial charge in [-0.2, -0.15) is 0 Å². The Balaban J connectivity index is 1.93. The molecule has 2 aromatic rings. The second-order valence-corrected chi connectivity index (χ2v) is 6.30. The summed E-state index contributed by atoms with van der Waals surface area (Å²) in [5, 5.41) is 2.40. The number of nitrogen functional groups attached to an aromatic ring is 1. The molecule has 2 aromatic heterocycles. The van der Waals surface area contributed by atoms with E-state index in [0.29, 0.717) is 17.4 Å². The molecule has 3 heterocycles. The van der Waals surface area contributed by atoms with E-state index in [1.54, 1.807) is 23.5 Å². The molecule has 0 radical (unpaired) electrons. The monoisotopic (exact) mass is 322 g/mol. The fourth-order valence-corrected chi connectivity index (χ4v) is 3.74. The molecular weight excluding hydrogens is 308 g/mol. The molecule has 0 aliphatic carbocycles. The van der Waals surface area contributed by atoms with Crippen LogP contribution in [0.2, 0.25) is 5.02 Å². The Labute approximate surface area is 131 Å². The molecule has 1 unspecified atom stereocenters. The minimum absolute atomic E-state index is 0.0276. The molecule has 110 valence electrons. The predicted octanol–water partition coefficient (Wildman–Crippen LogP) is 2.84. The first-order valence-corrected chi connectivity index (χ1v) is 7.88. The van der Waals surface area contributed by atoms with Gasteiger partial charge in [0, 0.05) is 11.4 Å². The fourth-order valence-electron chi connectivity index (χ4n) is 2.60. The molecule has 1 aliphatic heterocycles. The first-order valence-electron chi connectivity index (χ1n) is 6.62. The van der Waals surface area contributed by atoms with Gasteiger partial charge in [-0.25, -0.2) is 10.8 Å². The molecule has 0 spiro atoms. The van der Waals surface area contributed by atoms with E-state index in [2.05, 4.69) is 21.9 Å². The van der Waals surface area contributed by atoms with Crippen molar-refractivity contribution >= 4 is 34.7 Å². The molecule has 1 atom stereocenters. The second-order valence-electron chi connectivity index (χ2n) is 4.89. The number of thiophene rings is 1. The van der Waals surface area contributed by atoms with Crippen LogP contribution in [0, 0.1) is 0 Å². The van der Waals surface area contributed by atoms with Gasteiger partial charge in [0.25, 0.3) is 5.91 Å². The standard InChI is InChI=1S/C14H15ClN4OS/c1-8-9-5-7-21-11(9)4-6-19(8)14(20)13-10(15)2-3-12(17-13)18-16/h2-3,5,7-8H,4,6,16H2,1H3,(H,17,18). The SMILES string of the molecule is CC1c2ccsc2CCN1C(=O)c1nc(NN)ccc1Cl. The second kappa shape index (κ2) is 5.63. The summed E-state index contributed by atoms with van der Waals surface area (Å²) in [6.07, 6.45) is 0.871. The van der Waals surface area contributed by atoms with Gasteiger partial charge < -0.3 is 10.3 Å². The number of carbonyl (C=O) groups excluding carboxylic acids is 1. The van der Waals surface area contributed by atoms with Gasteiger partial charge in [-0.3, -0.25) is 4.79 Å². The molecule has 21 heavy (non-hydrogen) atoms. The zero-order valence-electron chi connectivity index (χ0n) is 11.5.